The Labute approximate surface area is 295 Å². The highest BCUT2D eigenvalue weighted by atomic mass is 19.4. The molecule has 0 amide bonds. The van der Waals surface area contributed by atoms with Gasteiger partial charge in [-0.3, -0.25) is 0 Å². The van der Waals surface area contributed by atoms with Crippen LogP contribution in [0.4, 0.5) is 52.7 Å². The summed E-state index contributed by atoms with van der Waals surface area (Å²) in [4.78, 5) is 0. The van der Waals surface area contributed by atoms with E-state index >= 15 is 0 Å². The van der Waals surface area contributed by atoms with Crippen LogP contribution in [0.25, 0.3) is 44.5 Å². The van der Waals surface area contributed by atoms with Crippen molar-refractivity contribution in [1.82, 2.24) is 0 Å². The molecule has 54 heavy (non-hydrogen) atoms. The highest BCUT2D eigenvalue weighted by molar-refractivity contribution is 6.38. The lowest BCUT2D eigenvalue weighted by Gasteiger charge is -2.18. The number of alkyl halides is 12. The molecule has 0 aromatic heterocycles. The second-order valence-corrected chi connectivity index (χ2v) is 11.7. The molecule has 0 aliphatic heterocycles. The average Bonchev–Trinajstić information content (AvgIpc) is 3.59. The number of allylic oxidation sites excluding steroid dienone is 6. The minimum Gasteiger partial charge on any atom is -0.192 e. The van der Waals surface area contributed by atoms with Crippen molar-refractivity contribution < 1.29 is 52.7 Å². The first-order valence-corrected chi connectivity index (χ1v) is 14.9. The number of hydrogen-bond donors (Lipinski definition) is 0. The smallest absolute Gasteiger partial charge is 0.192 e. The Bertz CT molecular complexity index is 2370. The van der Waals surface area contributed by atoms with Crippen LogP contribution >= 0.6 is 0 Å². The Hall–Kier alpha value is -6.78. The van der Waals surface area contributed by atoms with E-state index in [1.165, 1.54) is 36.4 Å². The molecule has 0 radical (unpaired) electrons. The number of fused-ring (bicyclic) bond motifs is 4. The van der Waals surface area contributed by atoms with Gasteiger partial charge in [-0.15, -0.1) is 0 Å². The van der Waals surface area contributed by atoms with Gasteiger partial charge in [0.1, 0.15) is 35.4 Å². The normalized spacial score (nSPS) is 13.7. The minimum atomic E-state index is -5.41. The predicted octanol–water partition coefficient (Wildman–Crippen LogP) is 11.6. The van der Waals surface area contributed by atoms with Gasteiger partial charge in [0.2, 0.25) is 0 Å². The lowest BCUT2D eigenvalue weighted by atomic mass is 9.86. The summed E-state index contributed by atoms with van der Waals surface area (Å²) in [5, 5.41) is 39.8. The molecule has 2 aliphatic carbocycles. The second-order valence-electron chi connectivity index (χ2n) is 11.7. The van der Waals surface area contributed by atoms with E-state index in [1.807, 2.05) is 0 Å². The Morgan fingerprint density at radius 3 is 0.907 bits per heavy atom. The molecule has 6 rings (SSSR count). The number of halogens is 12. The summed E-state index contributed by atoms with van der Waals surface area (Å²) in [5.41, 5.74) is -9.62. The molecule has 0 atom stereocenters. The fourth-order valence-corrected chi connectivity index (χ4v) is 6.56. The van der Waals surface area contributed by atoms with Crippen molar-refractivity contribution in [2.45, 2.75) is 24.7 Å². The van der Waals surface area contributed by atoms with Crippen molar-refractivity contribution in [2.24, 2.45) is 0 Å². The molecule has 16 heteroatoms. The monoisotopic (exact) mass is 752 g/mol. The van der Waals surface area contributed by atoms with Gasteiger partial charge in [-0.05, 0) is 80.9 Å². The van der Waals surface area contributed by atoms with Crippen LogP contribution in [0, 0.1) is 45.3 Å². The van der Waals surface area contributed by atoms with E-state index < -0.39 is 58.1 Å². The Kier molecular flexibility index (Phi) is 8.51. The first-order chi connectivity index (χ1) is 25.1. The van der Waals surface area contributed by atoms with Gasteiger partial charge in [0.15, 0.2) is 0 Å². The van der Waals surface area contributed by atoms with E-state index in [9.17, 15) is 73.7 Å². The molecule has 0 N–H and O–H groups in total. The number of hydrogen-bond acceptors (Lipinski definition) is 4. The van der Waals surface area contributed by atoms with E-state index in [-0.39, 0.29) is 91.1 Å². The molecule has 268 valence electrons. The zero-order valence-corrected chi connectivity index (χ0v) is 26.3. The van der Waals surface area contributed by atoms with E-state index in [4.69, 9.17) is 0 Å². The number of benzene rings is 4. The first-order valence-electron chi connectivity index (χ1n) is 14.9. The summed E-state index contributed by atoms with van der Waals surface area (Å²) >= 11 is 0. The predicted molar refractivity (Wildman–Crippen MR) is 167 cm³/mol. The van der Waals surface area contributed by atoms with Crippen LogP contribution in [0.1, 0.15) is 44.5 Å². The summed E-state index contributed by atoms with van der Waals surface area (Å²) in [7, 11) is 0. The lowest BCUT2D eigenvalue weighted by Crippen LogP contribution is -2.16. The Morgan fingerprint density at radius 1 is 0.352 bits per heavy atom. The molecule has 4 aromatic carbocycles. The molecule has 2 aliphatic rings. The summed E-state index contributed by atoms with van der Waals surface area (Å²) in [6.07, 6.45) is -21.5. The molecule has 4 aromatic rings. The largest absolute Gasteiger partial charge is 0.417 e. The summed E-state index contributed by atoms with van der Waals surface area (Å²) in [6, 6.07) is 16.9. The quantitative estimate of drug-likeness (QED) is 0.150. The molecule has 0 heterocycles. The van der Waals surface area contributed by atoms with Gasteiger partial charge in [-0.1, -0.05) is 36.4 Å². The van der Waals surface area contributed by atoms with Crippen LogP contribution in [0.15, 0.2) is 83.9 Å². The maximum absolute atomic E-state index is 13.8. The van der Waals surface area contributed by atoms with Gasteiger partial charge < -0.3 is 0 Å². The molecule has 0 unspecified atom stereocenters. The van der Waals surface area contributed by atoms with Gasteiger partial charge >= 0.3 is 24.7 Å². The number of nitrogens with zero attached hydrogens (tertiary/aromatic N) is 4. The van der Waals surface area contributed by atoms with Crippen LogP contribution in [-0.4, -0.2) is 0 Å². The maximum atomic E-state index is 13.8. The highest BCUT2D eigenvalue weighted by Crippen LogP contribution is 2.60. The highest BCUT2D eigenvalue weighted by Gasteiger charge is 2.45. The summed E-state index contributed by atoms with van der Waals surface area (Å²) in [6.45, 7) is 0. The minimum absolute atomic E-state index is 0.0177. The van der Waals surface area contributed by atoms with E-state index in [1.54, 1.807) is 24.3 Å². The lowest BCUT2D eigenvalue weighted by molar-refractivity contribution is -0.162. The molecule has 0 fully saturated rings. The Morgan fingerprint density at radius 2 is 0.630 bits per heavy atom. The molecule has 0 bridgehead atoms. The first kappa shape index (κ1) is 37.0. The second kappa shape index (κ2) is 12.4. The molecular weight excluding hydrogens is 740 g/mol. The van der Waals surface area contributed by atoms with Gasteiger partial charge in [0, 0.05) is 22.3 Å². The van der Waals surface area contributed by atoms with Crippen molar-refractivity contribution in [3.63, 3.8) is 0 Å². The van der Waals surface area contributed by atoms with E-state index in [0.717, 1.165) is 12.1 Å². The van der Waals surface area contributed by atoms with Crippen molar-refractivity contribution in [3.8, 4) is 46.5 Å². The van der Waals surface area contributed by atoms with Gasteiger partial charge in [0.05, 0.1) is 22.3 Å². The van der Waals surface area contributed by atoms with Crippen molar-refractivity contribution in [3.05, 3.63) is 128 Å². The topological polar surface area (TPSA) is 95.2 Å². The molecule has 0 spiro atoms. The van der Waals surface area contributed by atoms with Crippen LogP contribution in [0.3, 0.4) is 0 Å². The van der Waals surface area contributed by atoms with Crippen molar-refractivity contribution in [2.75, 3.05) is 0 Å². The molecule has 0 saturated heterocycles. The summed E-state index contributed by atoms with van der Waals surface area (Å²) in [5.74, 6) is 0. The van der Waals surface area contributed by atoms with Gasteiger partial charge in [-0.2, -0.15) is 73.7 Å². The average molecular weight is 753 g/mol. The standard InChI is InChI=1S/C38H12F12N4/c39-35(40,41)27-7-3-19(11-29(27)37(45,46)47)17-1-5-23-25(9-17)31(21(13-51)14-52)34-24-6-2-18(10-26(24)32(33(23)34)22(15-53)16-54)20-4-8-28(36(42,43)44)30(12-20)38(48,49)50/h1-12H. The zero-order valence-electron chi connectivity index (χ0n) is 26.3. The molecule has 0 saturated carbocycles. The third-order valence-corrected chi connectivity index (χ3v) is 8.74. The van der Waals surface area contributed by atoms with Crippen molar-refractivity contribution >= 4 is 22.3 Å². The van der Waals surface area contributed by atoms with Crippen LogP contribution < -0.4 is 0 Å². The Balaban J connectivity index is 1.59. The van der Waals surface area contributed by atoms with Crippen LogP contribution in [0.5, 0.6) is 0 Å². The molecular formula is C38H12F12N4. The zero-order chi connectivity index (χ0) is 39.7. The fourth-order valence-electron chi connectivity index (χ4n) is 6.56. The van der Waals surface area contributed by atoms with Crippen molar-refractivity contribution in [1.29, 1.82) is 21.0 Å². The summed E-state index contributed by atoms with van der Waals surface area (Å²) < 4.78 is 163. The van der Waals surface area contributed by atoms with Crippen LogP contribution in [0.2, 0.25) is 0 Å². The fraction of sp³-hybridized carbons (Fsp3) is 0.105. The molecule has 4 nitrogen and oxygen atoms in total. The van der Waals surface area contributed by atoms with Crippen LogP contribution in [-0.2, 0) is 24.7 Å². The number of rotatable bonds is 2. The third-order valence-electron chi connectivity index (χ3n) is 8.74. The van der Waals surface area contributed by atoms with Gasteiger partial charge in [-0.25, -0.2) is 0 Å². The van der Waals surface area contributed by atoms with Gasteiger partial charge in [0.25, 0.3) is 0 Å². The van der Waals surface area contributed by atoms with E-state index in [2.05, 4.69) is 0 Å². The SMILES string of the molecule is N#CC(C#N)=C1C2=C(C(=C(C#N)C#N)c3cc(-c4ccc(C(F)(F)F)c(C(F)(F)F)c4)ccc32)c2ccc(-c3ccc(C(F)(F)F)c(C(F)(F)F)c3)cc21. The third kappa shape index (κ3) is 6.02. The maximum Gasteiger partial charge on any atom is 0.417 e. The number of nitriles is 4. The van der Waals surface area contributed by atoms with E-state index in [0.29, 0.717) is 0 Å².